The first-order valence-corrected chi connectivity index (χ1v) is 15.1. The molecule has 2 aliphatic rings. The molecular formula is C27H32FN5O4S2. The van der Waals surface area contributed by atoms with Crippen LogP contribution in [0.25, 0.3) is 0 Å². The molecule has 3 heterocycles. The molecule has 0 bridgehead atoms. The van der Waals surface area contributed by atoms with Crippen LogP contribution in [0, 0.1) is 5.82 Å². The van der Waals surface area contributed by atoms with Gasteiger partial charge in [0.15, 0.2) is 11.0 Å². The van der Waals surface area contributed by atoms with Gasteiger partial charge in [-0.15, -0.1) is 21.5 Å². The molecule has 5 rings (SSSR count). The Labute approximate surface area is 234 Å². The summed E-state index contributed by atoms with van der Waals surface area (Å²) in [4.78, 5) is 26.9. The van der Waals surface area contributed by atoms with E-state index in [-0.39, 0.29) is 36.2 Å². The Bertz CT molecular complexity index is 1300. The number of nitrogens with one attached hydrogen (secondary N) is 2. The van der Waals surface area contributed by atoms with Gasteiger partial charge in [0.25, 0.3) is 0 Å². The molecule has 3 aromatic rings. The largest absolute Gasteiger partial charge is 0.462 e. The molecule has 1 aromatic carbocycles. The number of fused-ring (bicyclic) bond motifs is 1. The van der Waals surface area contributed by atoms with Gasteiger partial charge in [-0.05, 0) is 75.3 Å². The van der Waals surface area contributed by atoms with Crippen LogP contribution in [0.2, 0.25) is 0 Å². The van der Waals surface area contributed by atoms with Crippen LogP contribution < -0.4 is 10.6 Å². The van der Waals surface area contributed by atoms with Crippen LogP contribution in [0.4, 0.5) is 15.1 Å². The quantitative estimate of drug-likeness (QED) is 0.242. The first kappa shape index (κ1) is 27.6. The fraction of sp³-hybridized carbons (Fsp3) is 0.481. The Kier molecular flexibility index (Phi) is 9.15. The fourth-order valence-corrected chi connectivity index (χ4v) is 6.91. The number of thiophene rings is 1. The van der Waals surface area contributed by atoms with E-state index in [1.54, 1.807) is 19.1 Å². The summed E-state index contributed by atoms with van der Waals surface area (Å²) in [7, 11) is 0. The predicted octanol–water partition coefficient (Wildman–Crippen LogP) is 5.06. The normalized spacial score (nSPS) is 16.6. The number of nitrogens with zero attached hydrogens (tertiary/aromatic N) is 3. The van der Waals surface area contributed by atoms with Gasteiger partial charge in [0, 0.05) is 17.2 Å². The lowest BCUT2D eigenvalue weighted by Gasteiger charge is -2.15. The van der Waals surface area contributed by atoms with Crippen molar-refractivity contribution in [2.24, 2.45) is 0 Å². The lowest BCUT2D eigenvalue weighted by molar-refractivity contribution is -0.113. The van der Waals surface area contributed by atoms with E-state index < -0.39 is 0 Å². The second-order valence-electron chi connectivity index (χ2n) is 9.48. The minimum atomic E-state index is -0.380. The summed E-state index contributed by atoms with van der Waals surface area (Å²) in [6, 6.07) is 6.14. The molecule has 1 aliphatic carbocycles. The van der Waals surface area contributed by atoms with Crippen molar-refractivity contribution < 1.29 is 23.5 Å². The van der Waals surface area contributed by atoms with Gasteiger partial charge in [0.1, 0.15) is 10.8 Å². The van der Waals surface area contributed by atoms with Crippen molar-refractivity contribution in [2.75, 3.05) is 29.6 Å². The van der Waals surface area contributed by atoms with Gasteiger partial charge in [-0.25, -0.2) is 9.18 Å². The number of halogens is 1. The zero-order chi connectivity index (χ0) is 27.2. The Balaban J connectivity index is 1.27. The number of aryl methyl sites for hydroxylation is 1. The van der Waals surface area contributed by atoms with Gasteiger partial charge < -0.3 is 24.7 Å². The average molecular weight is 574 g/mol. The van der Waals surface area contributed by atoms with E-state index in [1.807, 2.05) is 4.57 Å². The molecule has 1 amide bonds. The third-order valence-corrected chi connectivity index (χ3v) is 8.91. The summed E-state index contributed by atoms with van der Waals surface area (Å²) in [5.41, 5.74) is 2.29. The summed E-state index contributed by atoms with van der Waals surface area (Å²) in [6.07, 6.45) is 5.87. The highest BCUT2D eigenvalue weighted by Gasteiger charge is 2.28. The highest BCUT2D eigenvalue weighted by molar-refractivity contribution is 7.99. The zero-order valence-electron chi connectivity index (χ0n) is 21.8. The monoisotopic (exact) mass is 573 g/mol. The Morgan fingerprint density at radius 2 is 2.03 bits per heavy atom. The Morgan fingerprint density at radius 1 is 1.21 bits per heavy atom. The van der Waals surface area contributed by atoms with Crippen LogP contribution >= 0.6 is 23.1 Å². The minimum absolute atomic E-state index is 0.0586. The number of anilines is 2. The van der Waals surface area contributed by atoms with Gasteiger partial charge in [0.2, 0.25) is 5.91 Å². The van der Waals surface area contributed by atoms with Gasteiger partial charge in [-0.1, -0.05) is 11.8 Å². The number of ether oxygens (including phenoxy) is 2. The molecule has 39 heavy (non-hydrogen) atoms. The molecule has 1 atom stereocenters. The van der Waals surface area contributed by atoms with Crippen LogP contribution in [0.1, 0.15) is 59.2 Å². The number of thioether (sulfide) groups is 1. The van der Waals surface area contributed by atoms with Crippen molar-refractivity contribution in [3.05, 3.63) is 51.9 Å². The van der Waals surface area contributed by atoms with Crippen LogP contribution in [-0.2, 0) is 40.2 Å². The molecular weight excluding hydrogens is 541 g/mol. The van der Waals surface area contributed by atoms with Crippen LogP contribution in [0.5, 0.6) is 0 Å². The topological polar surface area (TPSA) is 107 Å². The van der Waals surface area contributed by atoms with Gasteiger partial charge >= 0.3 is 5.97 Å². The van der Waals surface area contributed by atoms with Crippen LogP contribution in [0.3, 0.4) is 0 Å². The third-order valence-electron chi connectivity index (χ3n) is 6.73. The second-order valence-corrected chi connectivity index (χ2v) is 11.5. The van der Waals surface area contributed by atoms with Crippen molar-refractivity contribution in [3.63, 3.8) is 0 Å². The number of benzene rings is 1. The van der Waals surface area contributed by atoms with Crippen LogP contribution in [0.15, 0.2) is 29.4 Å². The molecule has 0 saturated carbocycles. The summed E-state index contributed by atoms with van der Waals surface area (Å²) in [5.74, 6) is -0.0828. The zero-order valence-corrected chi connectivity index (χ0v) is 23.5. The number of amides is 1. The van der Waals surface area contributed by atoms with Gasteiger partial charge in [-0.2, -0.15) is 0 Å². The van der Waals surface area contributed by atoms with E-state index >= 15 is 0 Å². The van der Waals surface area contributed by atoms with Crippen molar-refractivity contribution in [2.45, 2.75) is 69.8 Å². The summed E-state index contributed by atoms with van der Waals surface area (Å²) in [5, 5.41) is 16.1. The number of carbonyl (C=O) groups excluding carboxylic acids is 2. The van der Waals surface area contributed by atoms with Gasteiger partial charge in [-0.3, -0.25) is 4.79 Å². The van der Waals surface area contributed by atoms with Crippen molar-refractivity contribution in [1.82, 2.24) is 14.8 Å². The standard InChI is InChI=1S/C27H32FN5O4S2/c1-2-36-26(35)24-20-7-3-4-8-21(20)39-25(24)30-23(34)16-38-27-32-31-22(33(27)15-19-6-5-13-37-19)14-29-18-11-9-17(28)10-12-18/h9-12,19,29H,2-8,13-16H2,1H3,(H,30,34)/t19-/m0/s1. The molecule has 2 aromatic heterocycles. The number of rotatable bonds is 11. The number of aromatic nitrogens is 3. The van der Waals surface area contributed by atoms with E-state index in [4.69, 9.17) is 9.47 Å². The van der Waals surface area contributed by atoms with E-state index in [1.165, 1.54) is 35.2 Å². The highest BCUT2D eigenvalue weighted by Crippen LogP contribution is 2.38. The lowest BCUT2D eigenvalue weighted by atomic mass is 9.95. The molecule has 2 N–H and O–H groups in total. The highest BCUT2D eigenvalue weighted by atomic mass is 32.2. The number of esters is 1. The molecule has 208 valence electrons. The van der Waals surface area contributed by atoms with E-state index in [9.17, 15) is 14.0 Å². The Morgan fingerprint density at radius 3 is 2.79 bits per heavy atom. The molecule has 1 fully saturated rings. The summed E-state index contributed by atoms with van der Waals surface area (Å²) < 4.78 is 26.4. The van der Waals surface area contributed by atoms with Crippen LogP contribution in [-0.4, -0.2) is 51.7 Å². The average Bonchev–Trinajstić information content (AvgIpc) is 3.67. The maximum absolute atomic E-state index is 13.3. The van der Waals surface area contributed by atoms with E-state index in [0.717, 1.165) is 61.3 Å². The summed E-state index contributed by atoms with van der Waals surface area (Å²) in [6.45, 7) is 3.77. The summed E-state index contributed by atoms with van der Waals surface area (Å²) >= 11 is 2.77. The lowest BCUT2D eigenvalue weighted by Crippen LogP contribution is -2.20. The molecule has 0 spiro atoms. The number of hydrogen-bond donors (Lipinski definition) is 2. The number of carbonyl (C=O) groups is 2. The first-order chi connectivity index (χ1) is 19.0. The van der Waals surface area contributed by atoms with Crippen molar-refractivity contribution in [1.29, 1.82) is 0 Å². The predicted molar refractivity (Wildman–Crippen MR) is 149 cm³/mol. The van der Waals surface area contributed by atoms with Crippen molar-refractivity contribution >= 4 is 45.7 Å². The fourth-order valence-electron chi connectivity index (χ4n) is 4.85. The van der Waals surface area contributed by atoms with Crippen molar-refractivity contribution in [3.8, 4) is 0 Å². The maximum Gasteiger partial charge on any atom is 0.341 e. The SMILES string of the molecule is CCOC(=O)c1c(NC(=O)CSc2nnc(CNc3ccc(F)cc3)n2C[C@@H]2CCCO2)sc2c1CCCC2. The molecule has 9 nitrogen and oxygen atoms in total. The molecule has 1 aliphatic heterocycles. The third kappa shape index (κ3) is 6.79. The minimum Gasteiger partial charge on any atom is -0.462 e. The molecule has 12 heteroatoms. The van der Waals surface area contributed by atoms with E-state index in [2.05, 4.69) is 20.8 Å². The maximum atomic E-state index is 13.3. The van der Waals surface area contributed by atoms with E-state index in [0.29, 0.717) is 34.6 Å². The molecule has 0 unspecified atom stereocenters. The Hall–Kier alpha value is -2.96. The molecule has 0 radical (unpaired) electrons. The molecule has 1 saturated heterocycles. The number of hydrogen-bond acceptors (Lipinski definition) is 9. The smallest absolute Gasteiger partial charge is 0.341 e. The second kappa shape index (κ2) is 12.9. The van der Waals surface area contributed by atoms with Gasteiger partial charge in [0.05, 0.1) is 37.1 Å². The first-order valence-electron chi connectivity index (χ1n) is 13.3.